The Balaban J connectivity index is 1.60. The molecule has 0 saturated heterocycles. The molecule has 4 rings (SSSR count). The van der Waals surface area contributed by atoms with Crippen LogP contribution in [0.15, 0.2) is 77.2 Å². The lowest BCUT2D eigenvalue weighted by atomic mass is 10.0. The lowest BCUT2D eigenvalue weighted by molar-refractivity contribution is 0.415. The molecule has 1 heterocycles. The molecule has 0 saturated carbocycles. The highest BCUT2D eigenvalue weighted by Crippen LogP contribution is 2.30. The van der Waals surface area contributed by atoms with Gasteiger partial charge in [-0.2, -0.15) is 0 Å². The van der Waals surface area contributed by atoms with E-state index < -0.39 is 0 Å². The Bertz CT molecular complexity index is 1020. The summed E-state index contributed by atoms with van der Waals surface area (Å²) in [6.07, 6.45) is 0. The number of methoxy groups -OCH3 is 1. The van der Waals surface area contributed by atoms with E-state index in [4.69, 9.17) is 20.8 Å². The zero-order chi connectivity index (χ0) is 17.9. The zero-order valence-corrected chi connectivity index (χ0v) is 14.8. The van der Waals surface area contributed by atoms with E-state index in [1.165, 1.54) is 0 Å². The smallest absolute Gasteiger partial charge is 0.249 e. The summed E-state index contributed by atoms with van der Waals surface area (Å²) in [4.78, 5) is 0. The normalized spacial score (nSPS) is 10.7. The van der Waals surface area contributed by atoms with Gasteiger partial charge in [0, 0.05) is 5.56 Å². The van der Waals surface area contributed by atoms with Crippen molar-refractivity contribution in [2.75, 3.05) is 7.11 Å². The number of halogens is 1. The van der Waals surface area contributed by atoms with Crippen LogP contribution in [0.1, 0.15) is 0 Å². The van der Waals surface area contributed by atoms with Crippen LogP contribution in [0.4, 0.5) is 0 Å². The molecule has 26 heavy (non-hydrogen) atoms. The molecule has 0 bridgehead atoms. The summed E-state index contributed by atoms with van der Waals surface area (Å²) in [6.45, 7) is 0. The Morgan fingerprint density at radius 1 is 0.731 bits per heavy atom. The van der Waals surface area contributed by atoms with E-state index in [2.05, 4.69) is 10.2 Å². The summed E-state index contributed by atoms with van der Waals surface area (Å²) in [5.74, 6) is 1.70. The Morgan fingerprint density at radius 2 is 1.31 bits per heavy atom. The Hall–Kier alpha value is -3.11. The molecule has 0 fully saturated rings. The fourth-order valence-corrected chi connectivity index (χ4v) is 2.89. The van der Waals surface area contributed by atoms with E-state index in [0.717, 1.165) is 28.0 Å². The number of nitrogens with zero attached hydrogens (tertiary/aromatic N) is 2. The molecule has 0 aliphatic carbocycles. The molecule has 0 amide bonds. The van der Waals surface area contributed by atoms with Gasteiger partial charge in [-0.1, -0.05) is 48.0 Å². The fourth-order valence-electron chi connectivity index (χ4n) is 2.67. The van der Waals surface area contributed by atoms with E-state index in [1.54, 1.807) is 13.2 Å². The van der Waals surface area contributed by atoms with Crippen molar-refractivity contribution >= 4 is 11.6 Å². The maximum absolute atomic E-state index is 6.19. The third-order valence-electron chi connectivity index (χ3n) is 4.08. The minimum atomic E-state index is 0.407. The van der Waals surface area contributed by atoms with Crippen molar-refractivity contribution in [3.63, 3.8) is 0 Å². The van der Waals surface area contributed by atoms with E-state index in [-0.39, 0.29) is 0 Å². The average molecular weight is 363 g/mol. The van der Waals surface area contributed by atoms with E-state index >= 15 is 0 Å². The highest BCUT2D eigenvalue weighted by molar-refractivity contribution is 6.33. The highest BCUT2D eigenvalue weighted by atomic mass is 35.5. The van der Waals surface area contributed by atoms with Gasteiger partial charge in [-0.25, -0.2) is 0 Å². The summed E-state index contributed by atoms with van der Waals surface area (Å²) < 4.78 is 11.0. The lowest BCUT2D eigenvalue weighted by Crippen LogP contribution is -1.83. The molecule has 0 radical (unpaired) electrons. The van der Waals surface area contributed by atoms with E-state index in [0.29, 0.717) is 16.8 Å². The number of hydrogen-bond donors (Lipinski definition) is 0. The van der Waals surface area contributed by atoms with Gasteiger partial charge in [0.25, 0.3) is 0 Å². The molecule has 3 aromatic carbocycles. The van der Waals surface area contributed by atoms with Gasteiger partial charge < -0.3 is 9.15 Å². The summed E-state index contributed by atoms with van der Waals surface area (Å²) in [7, 11) is 1.66. The Kier molecular flexibility index (Phi) is 4.42. The van der Waals surface area contributed by atoms with Crippen molar-refractivity contribution in [3.8, 4) is 39.8 Å². The number of benzene rings is 3. The topological polar surface area (TPSA) is 48.2 Å². The maximum atomic E-state index is 6.19. The number of aromatic nitrogens is 2. The Morgan fingerprint density at radius 3 is 1.96 bits per heavy atom. The summed E-state index contributed by atoms with van der Waals surface area (Å²) in [6, 6.07) is 23.3. The van der Waals surface area contributed by atoms with Gasteiger partial charge in [-0.3, -0.25) is 0 Å². The summed E-state index contributed by atoms with van der Waals surface area (Å²) in [5.41, 5.74) is 3.79. The van der Waals surface area contributed by atoms with Crippen molar-refractivity contribution in [2.24, 2.45) is 0 Å². The SMILES string of the molecule is COc1ccc(-c2ccc(-c3nnc(-c4ccccc4Cl)o3)cc2)cc1. The summed E-state index contributed by atoms with van der Waals surface area (Å²) in [5, 5.41) is 8.83. The molecule has 128 valence electrons. The van der Waals surface area contributed by atoms with Crippen LogP contribution in [0.2, 0.25) is 5.02 Å². The third-order valence-corrected chi connectivity index (χ3v) is 4.41. The highest BCUT2D eigenvalue weighted by Gasteiger charge is 2.13. The quantitative estimate of drug-likeness (QED) is 0.465. The summed E-state index contributed by atoms with van der Waals surface area (Å²) >= 11 is 6.19. The van der Waals surface area contributed by atoms with Crippen LogP contribution in [0.25, 0.3) is 34.0 Å². The van der Waals surface area contributed by atoms with Crippen LogP contribution in [0.3, 0.4) is 0 Å². The minimum absolute atomic E-state index is 0.407. The lowest BCUT2D eigenvalue weighted by Gasteiger charge is -2.04. The number of ether oxygens (including phenoxy) is 1. The van der Waals surface area contributed by atoms with E-state index in [9.17, 15) is 0 Å². The predicted molar refractivity (Wildman–Crippen MR) is 102 cm³/mol. The largest absolute Gasteiger partial charge is 0.497 e. The van der Waals surface area contributed by atoms with Gasteiger partial charge >= 0.3 is 0 Å². The van der Waals surface area contributed by atoms with Gasteiger partial charge in [0.05, 0.1) is 17.7 Å². The van der Waals surface area contributed by atoms with Crippen molar-refractivity contribution < 1.29 is 9.15 Å². The second kappa shape index (κ2) is 7.02. The Labute approximate surface area is 156 Å². The van der Waals surface area contributed by atoms with Gasteiger partial charge in [-0.05, 0) is 47.5 Å². The second-order valence-electron chi connectivity index (χ2n) is 5.70. The molecular weight excluding hydrogens is 348 g/mol. The second-order valence-corrected chi connectivity index (χ2v) is 6.11. The predicted octanol–water partition coefficient (Wildman–Crippen LogP) is 5.73. The first-order chi connectivity index (χ1) is 12.7. The molecule has 0 aliphatic heterocycles. The molecule has 1 aromatic heterocycles. The standard InChI is InChI=1S/C21H15ClN2O2/c1-25-17-12-10-15(11-13-17)14-6-8-16(9-7-14)20-23-24-21(26-20)18-4-2-3-5-19(18)22/h2-13H,1H3. The van der Waals surface area contributed by atoms with Crippen molar-refractivity contribution in [3.05, 3.63) is 77.8 Å². The molecular formula is C21H15ClN2O2. The van der Waals surface area contributed by atoms with Crippen LogP contribution >= 0.6 is 11.6 Å². The number of hydrogen-bond acceptors (Lipinski definition) is 4. The first-order valence-corrected chi connectivity index (χ1v) is 8.45. The molecule has 0 unspecified atom stereocenters. The molecule has 0 N–H and O–H groups in total. The van der Waals surface area contributed by atoms with Crippen LogP contribution < -0.4 is 4.74 Å². The van der Waals surface area contributed by atoms with Crippen LogP contribution in [-0.4, -0.2) is 17.3 Å². The number of rotatable bonds is 4. The molecule has 0 atom stereocenters. The van der Waals surface area contributed by atoms with Crippen molar-refractivity contribution in [2.45, 2.75) is 0 Å². The molecule has 5 heteroatoms. The monoisotopic (exact) mass is 362 g/mol. The van der Waals surface area contributed by atoms with Gasteiger partial charge in [-0.15, -0.1) is 10.2 Å². The average Bonchev–Trinajstić information content (AvgIpc) is 3.18. The molecule has 0 spiro atoms. The molecule has 0 aliphatic rings. The van der Waals surface area contributed by atoms with Gasteiger partial charge in [0.1, 0.15) is 5.75 Å². The van der Waals surface area contributed by atoms with Crippen molar-refractivity contribution in [1.82, 2.24) is 10.2 Å². The van der Waals surface area contributed by atoms with E-state index in [1.807, 2.05) is 66.7 Å². The van der Waals surface area contributed by atoms with Crippen LogP contribution in [-0.2, 0) is 0 Å². The molecule has 4 aromatic rings. The van der Waals surface area contributed by atoms with Crippen molar-refractivity contribution in [1.29, 1.82) is 0 Å². The first kappa shape index (κ1) is 16.4. The minimum Gasteiger partial charge on any atom is -0.497 e. The van der Waals surface area contributed by atoms with Gasteiger partial charge in [0.2, 0.25) is 11.8 Å². The van der Waals surface area contributed by atoms with Gasteiger partial charge in [0.15, 0.2) is 0 Å². The zero-order valence-electron chi connectivity index (χ0n) is 14.0. The first-order valence-electron chi connectivity index (χ1n) is 8.08. The maximum Gasteiger partial charge on any atom is 0.249 e. The van der Waals surface area contributed by atoms with Crippen LogP contribution in [0, 0.1) is 0 Å². The van der Waals surface area contributed by atoms with Crippen LogP contribution in [0.5, 0.6) is 5.75 Å². The third kappa shape index (κ3) is 3.19. The molecule has 4 nitrogen and oxygen atoms in total. The fraction of sp³-hybridized carbons (Fsp3) is 0.0476.